The van der Waals surface area contributed by atoms with Crippen LogP contribution in [0.2, 0.25) is 0 Å². The summed E-state index contributed by atoms with van der Waals surface area (Å²) in [4.78, 5) is 33.1. The van der Waals surface area contributed by atoms with Gasteiger partial charge in [-0.25, -0.2) is 9.97 Å². The number of hydrogen-bond donors (Lipinski definition) is 2. The number of aromatic nitrogens is 4. The average molecular weight is 508 g/mol. The molecule has 3 aromatic heterocycles. The van der Waals surface area contributed by atoms with Crippen molar-refractivity contribution >= 4 is 23.2 Å². The van der Waals surface area contributed by atoms with Crippen LogP contribution in [-0.2, 0) is 0 Å². The number of pyridine rings is 2. The third-order valence-corrected chi connectivity index (χ3v) is 6.74. The lowest BCUT2D eigenvalue weighted by Crippen LogP contribution is -2.24. The lowest BCUT2D eigenvalue weighted by atomic mass is 9.98. The van der Waals surface area contributed by atoms with Crippen LogP contribution in [0.3, 0.4) is 0 Å². The summed E-state index contributed by atoms with van der Waals surface area (Å²) >= 11 is 0. The SMILES string of the molecule is Cc1ncc(C(=O)Nc2ccc(C3CCN(CC(C)C)C3)cc2)cc1Nc1nccc(-c2cccnc2)n1. The highest BCUT2D eigenvalue weighted by Gasteiger charge is 2.24. The molecule has 1 aliphatic rings. The Morgan fingerprint density at radius 2 is 1.92 bits per heavy atom. The van der Waals surface area contributed by atoms with Gasteiger partial charge in [0.25, 0.3) is 5.91 Å². The van der Waals surface area contributed by atoms with E-state index >= 15 is 0 Å². The zero-order valence-corrected chi connectivity index (χ0v) is 22.1. The highest BCUT2D eigenvalue weighted by molar-refractivity contribution is 6.04. The minimum Gasteiger partial charge on any atom is -0.323 e. The van der Waals surface area contributed by atoms with Crippen molar-refractivity contribution in [3.8, 4) is 11.3 Å². The Balaban J connectivity index is 1.24. The highest BCUT2D eigenvalue weighted by Crippen LogP contribution is 2.29. The fraction of sp³-hybridized carbons (Fsp3) is 0.300. The molecule has 1 fully saturated rings. The fourth-order valence-electron chi connectivity index (χ4n) is 4.83. The van der Waals surface area contributed by atoms with E-state index in [1.807, 2.05) is 37.3 Å². The van der Waals surface area contributed by atoms with Crippen molar-refractivity contribution in [3.63, 3.8) is 0 Å². The zero-order valence-electron chi connectivity index (χ0n) is 22.1. The van der Waals surface area contributed by atoms with E-state index in [1.54, 1.807) is 30.9 Å². The van der Waals surface area contributed by atoms with Crippen molar-refractivity contribution in [1.29, 1.82) is 0 Å². The second-order valence-electron chi connectivity index (χ2n) is 10.2. The Hall–Kier alpha value is -4.17. The van der Waals surface area contributed by atoms with E-state index in [0.717, 1.165) is 42.3 Å². The van der Waals surface area contributed by atoms with Crippen LogP contribution in [0.15, 0.2) is 73.3 Å². The van der Waals surface area contributed by atoms with E-state index in [2.05, 4.69) is 61.4 Å². The van der Waals surface area contributed by atoms with Crippen LogP contribution in [-0.4, -0.2) is 50.4 Å². The number of likely N-dealkylation sites (tertiary alicyclic amines) is 1. The summed E-state index contributed by atoms with van der Waals surface area (Å²) in [5.74, 6) is 1.43. The van der Waals surface area contributed by atoms with Crippen LogP contribution < -0.4 is 10.6 Å². The largest absolute Gasteiger partial charge is 0.323 e. The van der Waals surface area contributed by atoms with Gasteiger partial charge in [-0.2, -0.15) is 0 Å². The molecule has 0 radical (unpaired) electrons. The smallest absolute Gasteiger partial charge is 0.257 e. The van der Waals surface area contributed by atoms with Gasteiger partial charge in [-0.15, -0.1) is 0 Å². The molecule has 8 heteroatoms. The number of hydrogen-bond acceptors (Lipinski definition) is 7. The van der Waals surface area contributed by atoms with E-state index in [9.17, 15) is 4.79 Å². The maximum atomic E-state index is 13.0. The minimum absolute atomic E-state index is 0.220. The van der Waals surface area contributed by atoms with Crippen molar-refractivity contribution in [3.05, 3.63) is 90.1 Å². The van der Waals surface area contributed by atoms with Crippen LogP contribution >= 0.6 is 0 Å². The predicted molar refractivity (Wildman–Crippen MR) is 151 cm³/mol. The first kappa shape index (κ1) is 25.5. The van der Waals surface area contributed by atoms with E-state index in [0.29, 0.717) is 29.0 Å². The van der Waals surface area contributed by atoms with Gasteiger partial charge in [-0.3, -0.25) is 14.8 Å². The van der Waals surface area contributed by atoms with Crippen molar-refractivity contribution in [2.24, 2.45) is 5.92 Å². The summed E-state index contributed by atoms with van der Waals surface area (Å²) in [6, 6.07) is 15.6. The number of anilines is 3. The Kier molecular flexibility index (Phi) is 7.70. The summed E-state index contributed by atoms with van der Waals surface area (Å²) in [5.41, 5.74) is 5.60. The lowest BCUT2D eigenvalue weighted by Gasteiger charge is -2.18. The summed E-state index contributed by atoms with van der Waals surface area (Å²) in [6.07, 6.45) is 7.93. The number of carbonyl (C=O) groups is 1. The molecule has 1 atom stereocenters. The van der Waals surface area contributed by atoms with E-state index in [-0.39, 0.29) is 5.91 Å². The highest BCUT2D eigenvalue weighted by atomic mass is 16.1. The van der Waals surface area contributed by atoms with Crippen molar-refractivity contribution < 1.29 is 4.79 Å². The fourth-order valence-corrected chi connectivity index (χ4v) is 4.83. The molecule has 1 amide bonds. The Bertz CT molecular complexity index is 1390. The van der Waals surface area contributed by atoms with Gasteiger partial charge in [-0.05, 0) is 73.7 Å². The molecule has 1 aromatic carbocycles. The third kappa shape index (κ3) is 6.20. The number of carbonyl (C=O) groups excluding carboxylic acids is 1. The third-order valence-electron chi connectivity index (χ3n) is 6.74. The number of aryl methyl sites for hydroxylation is 1. The molecule has 4 heterocycles. The standard InChI is InChI=1S/C30H33N7O/c1-20(2)18-37-14-11-24(19-37)22-6-8-26(9-7-22)34-29(38)25-15-28(21(3)33-17-25)36-30-32-13-10-27(35-30)23-5-4-12-31-16-23/h4-10,12-13,15-17,20,24H,11,14,18-19H2,1-3H3,(H,34,38)(H,32,35,36). The quantitative estimate of drug-likeness (QED) is 0.317. The molecule has 8 nitrogen and oxygen atoms in total. The molecule has 0 bridgehead atoms. The molecule has 0 saturated carbocycles. The van der Waals surface area contributed by atoms with Crippen LogP contribution in [0.25, 0.3) is 11.3 Å². The van der Waals surface area contributed by atoms with Gasteiger partial charge in [0.1, 0.15) is 0 Å². The lowest BCUT2D eigenvalue weighted by molar-refractivity contribution is 0.102. The first-order valence-electron chi connectivity index (χ1n) is 13.1. The molecule has 194 valence electrons. The normalized spacial score (nSPS) is 15.5. The van der Waals surface area contributed by atoms with E-state index in [4.69, 9.17) is 0 Å². The Morgan fingerprint density at radius 3 is 2.68 bits per heavy atom. The molecular formula is C30H33N7O. The first-order valence-corrected chi connectivity index (χ1v) is 13.1. The van der Waals surface area contributed by atoms with Crippen molar-refractivity contribution in [2.75, 3.05) is 30.3 Å². The number of nitrogens with one attached hydrogen (secondary N) is 2. The molecule has 1 aliphatic heterocycles. The molecule has 1 unspecified atom stereocenters. The number of rotatable bonds is 8. The zero-order chi connectivity index (χ0) is 26.5. The maximum Gasteiger partial charge on any atom is 0.257 e. The van der Waals surface area contributed by atoms with Crippen molar-refractivity contribution in [2.45, 2.75) is 33.1 Å². The van der Waals surface area contributed by atoms with Crippen molar-refractivity contribution in [1.82, 2.24) is 24.8 Å². The van der Waals surface area contributed by atoms with E-state index in [1.165, 1.54) is 12.0 Å². The van der Waals surface area contributed by atoms with Gasteiger partial charge in [-0.1, -0.05) is 26.0 Å². The molecule has 4 aromatic rings. The molecular weight excluding hydrogens is 474 g/mol. The second kappa shape index (κ2) is 11.5. The van der Waals surface area contributed by atoms with E-state index < -0.39 is 0 Å². The van der Waals surface area contributed by atoms with Gasteiger partial charge in [0, 0.05) is 49.1 Å². The monoisotopic (exact) mass is 507 g/mol. The van der Waals surface area contributed by atoms with Gasteiger partial charge in [0.05, 0.1) is 22.6 Å². The van der Waals surface area contributed by atoms with Gasteiger partial charge >= 0.3 is 0 Å². The summed E-state index contributed by atoms with van der Waals surface area (Å²) in [7, 11) is 0. The molecule has 0 aliphatic carbocycles. The average Bonchev–Trinajstić information content (AvgIpc) is 3.39. The molecule has 2 N–H and O–H groups in total. The molecule has 1 saturated heterocycles. The number of amides is 1. The first-order chi connectivity index (χ1) is 18.4. The topological polar surface area (TPSA) is 95.9 Å². The van der Waals surface area contributed by atoms with Gasteiger partial charge in [0.2, 0.25) is 5.95 Å². The predicted octanol–water partition coefficient (Wildman–Crippen LogP) is 5.68. The van der Waals surface area contributed by atoms with Crippen LogP contribution in [0.5, 0.6) is 0 Å². The Morgan fingerprint density at radius 1 is 1.08 bits per heavy atom. The minimum atomic E-state index is -0.220. The summed E-state index contributed by atoms with van der Waals surface area (Å²) in [5, 5.41) is 6.20. The molecule has 5 rings (SSSR count). The van der Waals surface area contributed by atoms with Gasteiger partial charge in [0.15, 0.2) is 0 Å². The second-order valence-corrected chi connectivity index (χ2v) is 10.2. The molecule has 38 heavy (non-hydrogen) atoms. The Labute approximate surface area is 223 Å². The van der Waals surface area contributed by atoms with Crippen LogP contribution in [0.4, 0.5) is 17.3 Å². The summed E-state index contributed by atoms with van der Waals surface area (Å²) in [6.45, 7) is 9.80. The van der Waals surface area contributed by atoms with Crippen LogP contribution in [0.1, 0.15) is 47.8 Å². The molecule has 0 spiro atoms. The van der Waals surface area contributed by atoms with Gasteiger partial charge < -0.3 is 15.5 Å². The number of nitrogens with zero attached hydrogens (tertiary/aromatic N) is 5. The van der Waals surface area contributed by atoms with Crippen LogP contribution in [0, 0.1) is 12.8 Å². The number of benzene rings is 1. The summed E-state index contributed by atoms with van der Waals surface area (Å²) < 4.78 is 0. The maximum absolute atomic E-state index is 13.0.